The summed E-state index contributed by atoms with van der Waals surface area (Å²) in [6, 6.07) is 8.11. The van der Waals surface area contributed by atoms with Crippen LogP contribution in [0.15, 0.2) is 30.3 Å². The van der Waals surface area contributed by atoms with E-state index in [-0.39, 0.29) is 5.91 Å². The zero-order valence-corrected chi connectivity index (χ0v) is 12.1. The van der Waals surface area contributed by atoms with Crippen molar-refractivity contribution in [3.63, 3.8) is 0 Å². The first-order chi connectivity index (χ1) is 10.0. The molecule has 0 spiro atoms. The van der Waals surface area contributed by atoms with Crippen LogP contribution in [-0.2, 0) is 4.74 Å². The van der Waals surface area contributed by atoms with Crippen molar-refractivity contribution in [1.29, 1.82) is 0 Å². The summed E-state index contributed by atoms with van der Waals surface area (Å²) in [5.41, 5.74) is 1.63. The van der Waals surface area contributed by atoms with Crippen molar-refractivity contribution < 1.29 is 14.3 Å². The molecule has 1 amide bonds. The smallest absolute Gasteiger partial charge is 0.337 e. The average Bonchev–Trinajstić information content (AvgIpc) is 2.95. The number of benzene rings is 1. The fraction of sp³-hybridized carbons (Fsp3) is 0.267. The van der Waals surface area contributed by atoms with E-state index >= 15 is 0 Å². The number of nitrogens with zero attached hydrogens (tertiary/aromatic N) is 1. The normalized spacial score (nSPS) is 10.5. The highest BCUT2D eigenvalue weighted by atomic mass is 16.5. The van der Waals surface area contributed by atoms with Crippen molar-refractivity contribution in [3.05, 3.63) is 47.2 Å². The standard InChI is InChI=1S/C15H17N3O3/c1-9(2)12-8-13(18-17-12)16-14(19)10-5-4-6-11(7-10)15(20)21-3/h4-9H,1-3H3,(H2,16,17,18,19). The number of carbonyl (C=O) groups excluding carboxylic acids is 2. The van der Waals surface area contributed by atoms with Crippen LogP contribution in [0.25, 0.3) is 0 Å². The third-order valence-electron chi connectivity index (χ3n) is 3.01. The Morgan fingerprint density at radius 1 is 1.24 bits per heavy atom. The van der Waals surface area contributed by atoms with Gasteiger partial charge < -0.3 is 10.1 Å². The first kappa shape index (κ1) is 14.8. The van der Waals surface area contributed by atoms with Crippen LogP contribution in [0.2, 0.25) is 0 Å². The highest BCUT2D eigenvalue weighted by molar-refractivity contribution is 6.05. The molecule has 1 aromatic carbocycles. The molecule has 0 bridgehead atoms. The number of nitrogens with one attached hydrogen (secondary N) is 2. The van der Waals surface area contributed by atoms with Gasteiger partial charge in [-0.2, -0.15) is 5.10 Å². The van der Waals surface area contributed by atoms with Gasteiger partial charge in [-0.3, -0.25) is 9.89 Å². The fourth-order valence-electron chi connectivity index (χ4n) is 1.79. The highest BCUT2D eigenvalue weighted by Gasteiger charge is 2.12. The maximum Gasteiger partial charge on any atom is 0.337 e. The van der Waals surface area contributed by atoms with Gasteiger partial charge in [0, 0.05) is 17.3 Å². The molecule has 2 rings (SSSR count). The largest absolute Gasteiger partial charge is 0.465 e. The van der Waals surface area contributed by atoms with Crippen molar-refractivity contribution in [1.82, 2.24) is 10.2 Å². The molecule has 0 saturated heterocycles. The Morgan fingerprint density at radius 3 is 2.57 bits per heavy atom. The second-order valence-electron chi connectivity index (χ2n) is 4.89. The Hall–Kier alpha value is -2.63. The van der Waals surface area contributed by atoms with E-state index in [0.717, 1.165) is 5.69 Å². The molecular formula is C15H17N3O3. The number of H-pyrrole nitrogens is 1. The summed E-state index contributed by atoms with van der Waals surface area (Å²) in [4.78, 5) is 23.6. The van der Waals surface area contributed by atoms with Crippen LogP contribution in [0.3, 0.4) is 0 Å². The zero-order chi connectivity index (χ0) is 15.4. The van der Waals surface area contributed by atoms with Gasteiger partial charge in [0.05, 0.1) is 12.7 Å². The Kier molecular flexibility index (Phi) is 4.37. The molecule has 0 atom stereocenters. The summed E-state index contributed by atoms with van der Waals surface area (Å²) in [5.74, 6) is -0.0629. The van der Waals surface area contributed by atoms with Crippen molar-refractivity contribution in [3.8, 4) is 0 Å². The molecule has 1 heterocycles. The Labute approximate surface area is 122 Å². The number of hydrogen-bond donors (Lipinski definition) is 2. The van der Waals surface area contributed by atoms with Crippen LogP contribution in [0.4, 0.5) is 5.82 Å². The monoisotopic (exact) mass is 287 g/mol. The highest BCUT2D eigenvalue weighted by Crippen LogP contribution is 2.16. The number of hydrogen-bond acceptors (Lipinski definition) is 4. The van der Waals surface area contributed by atoms with Gasteiger partial charge in [-0.25, -0.2) is 4.79 Å². The third-order valence-corrected chi connectivity index (χ3v) is 3.01. The maximum absolute atomic E-state index is 12.1. The first-order valence-corrected chi connectivity index (χ1v) is 6.56. The molecular weight excluding hydrogens is 270 g/mol. The molecule has 0 aliphatic heterocycles. The van der Waals surface area contributed by atoms with Crippen LogP contribution in [0.5, 0.6) is 0 Å². The summed E-state index contributed by atoms with van der Waals surface area (Å²) in [6.07, 6.45) is 0. The molecule has 110 valence electrons. The summed E-state index contributed by atoms with van der Waals surface area (Å²) in [6.45, 7) is 4.05. The summed E-state index contributed by atoms with van der Waals surface area (Å²) in [5, 5.41) is 9.57. The van der Waals surface area contributed by atoms with Crippen molar-refractivity contribution in [2.75, 3.05) is 12.4 Å². The van der Waals surface area contributed by atoms with Crippen molar-refractivity contribution >= 4 is 17.7 Å². The van der Waals surface area contributed by atoms with E-state index in [4.69, 9.17) is 0 Å². The number of aromatic amines is 1. The van der Waals surface area contributed by atoms with Gasteiger partial charge >= 0.3 is 5.97 Å². The SMILES string of the molecule is COC(=O)c1cccc(C(=O)Nc2cc(C(C)C)[nH]n2)c1. The van der Waals surface area contributed by atoms with Gasteiger partial charge in [-0.05, 0) is 24.1 Å². The molecule has 0 fully saturated rings. The second-order valence-corrected chi connectivity index (χ2v) is 4.89. The summed E-state index contributed by atoms with van der Waals surface area (Å²) >= 11 is 0. The lowest BCUT2D eigenvalue weighted by Gasteiger charge is -2.04. The van der Waals surface area contributed by atoms with Crippen LogP contribution in [0.1, 0.15) is 46.2 Å². The van der Waals surface area contributed by atoms with Gasteiger partial charge in [-0.1, -0.05) is 19.9 Å². The molecule has 0 aliphatic rings. The Morgan fingerprint density at radius 2 is 1.95 bits per heavy atom. The van der Waals surface area contributed by atoms with Gasteiger partial charge in [0.15, 0.2) is 5.82 Å². The van der Waals surface area contributed by atoms with Gasteiger partial charge in [0.25, 0.3) is 5.91 Å². The second kappa shape index (κ2) is 6.21. The number of aromatic nitrogens is 2. The molecule has 1 aromatic heterocycles. The van der Waals surface area contributed by atoms with E-state index in [9.17, 15) is 9.59 Å². The molecule has 6 heteroatoms. The van der Waals surface area contributed by atoms with E-state index < -0.39 is 5.97 Å². The lowest BCUT2D eigenvalue weighted by atomic mass is 10.1. The van der Waals surface area contributed by atoms with Gasteiger partial charge in [0.2, 0.25) is 0 Å². The molecule has 0 radical (unpaired) electrons. The van der Waals surface area contributed by atoms with E-state index in [0.29, 0.717) is 22.9 Å². The fourth-order valence-corrected chi connectivity index (χ4v) is 1.79. The topological polar surface area (TPSA) is 84.1 Å². The van der Waals surface area contributed by atoms with E-state index in [1.807, 2.05) is 13.8 Å². The van der Waals surface area contributed by atoms with E-state index in [1.165, 1.54) is 13.2 Å². The number of amides is 1. The number of anilines is 1. The lowest BCUT2D eigenvalue weighted by molar-refractivity contribution is 0.0600. The maximum atomic E-state index is 12.1. The molecule has 21 heavy (non-hydrogen) atoms. The third kappa shape index (κ3) is 3.47. The number of ether oxygens (including phenoxy) is 1. The van der Waals surface area contributed by atoms with Crippen LogP contribution in [-0.4, -0.2) is 29.2 Å². The molecule has 0 aliphatic carbocycles. The van der Waals surface area contributed by atoms with Crippen molar-refractivity contribution in [2.45, 2.75) is 19.8 Å². The average molecular weight is 287 g/mol. The minimum Gasteiger partial charge on any atom is -0.465 e. The molecule has 0 unspecified atom stereocenters. The van der Waals surface area contributed by atoms with Crippen LogP contribution < -0.4 is 5.32 Å². The molecule has 2 N–H and O–H groups in total. The first-order valence-electron chi connectivity index (χ1n) is 6.56. The number of carbonyl (C=O) groups is 2. The molecule has 2 aromatic rings. The minimum absolute atomic E-state index is 0.297. The van der Waals surface area contributed by atoms with Crippen LogP contribution >= 0.6 is 0 Å². The quantitative estimate of drug-likeness (QED) is 0.846. The number of methoxy groups -OCH3 is 1. The number of rotatable bonds is 4. The Balaban J connectivity index is 2.14. The van der Waals surface area contributed by atoms with Crippen molar-refractivity contribution in [2.24, 2.45) is 0 Å². The van der Waals surface area contributed by atoms with E-state index in [2.05, 4.69) is 20.3 Å². The van der Waals surface area contributed by atoms with Gasteiger partial charge in [0.1, 0.15) is 0 Å². The molecule has 6 nitrogen and oxygen atoms in total. The van der Waals surface area contributed by atoms with Gasteiger partial charge in [-0.15, -0.1) is 0 Å². The Bertz CT molecular complexity index is 662. The lowest BCUT2D eigenvalue weighted by Crippen LogP contribution is -2.13. The predicted octanol–water partition coefficient (Wildman–Crippen LogP) is 2.57. The minimum atomic E-state index is -0.480. The number of esters is 1. The molecule has 0 saturated carbocycles. The summed E-state index contributed by atoms with van der Waals surface area (Å²) in [7, 11) is 1.30. The zero-order valence-electron chi connectivity index (χ0n) is 12.1. The van der Waals surface area contributed by atoms with Crippen LogP contribution in [0, 0.1) is 0 Å². The van der Waals surface area contributed by atoms with E-state index in [1.54, 1.807) is 24.3 Å². The predicted molar refractivity (Wildman–Crippen MR) is 78.4 cm³/mol. The summed E-state index contributed by atoms with van der Waals surface area (Å²) < 4.78 is 4.63.